The Morgan fingerprint density at radius 2 is 1.76 bits per heavy atom. The lowest BCUT2D eigenvalue weighted by molar-refractivity contribution is -0.203. The van der Waals surface area contributed by atoms with Crippen molar-refractivity contribution in [2.75, 3.05) is 20.3 Å². The topological polar surface area (TPSA) is 96.3 Å². The lowest BCUT2D eigenvalue weighted by atomic mass is 10.0. The zero-order chi connectivity index (χ0) is 28.0. The minimum absolute atomic E-state index is 0.169. The number of esters is 1. The summed E-state index contributed by atoms with van der Waals surface area (Å²) in [5.74, 6) is -1.16. The number of hydroxylamine groups is 2. The fourth-order valence-electron chi connectivity index (χ4n) is 3.86. The van der Waals surface area contributed by atoms with Gasteiger partial charge in [0, 0.05) is 18.7 Å². The molecule has 0 aliphatic rings. The molecule has 0 unspecified atom stereocenters. The number of nitrogens with zero attached hydrogens (tertiary/aromatic N) is 2. The fraction of sp³-hybridized carbons (Fsp3) is 0.393. The first-order valence-corrected chi connectivity index (χ1v) is 12.2. The maximum absolute atomic E-state index is 15.2. The van der Waals surface area contributed by atoms with Gasteiger partial charge in [0.05, 0.1) is 24.6 Å². The summed E-state index contributed by atoms with van der Waals surface area (Å²) < 4.78 is 33.2. The molecule has 0 fully saturated rings. The number of pyridine rings is 1. The number of fused-ring (bicyclic) bond motifs is 1. The van der Waals surface area contributed by atoms with Crippen LogP contribution in [0.15, 0.2) is 47.4 Å². The Labute approximate surface area is 220 Å². The molecule has 0 saturated heterocycles. The third kappa shape index (κ3) is 7.10. The molecule has 0 atom stereocenters. The summed E-state index contributed by atoms with van der Waals surface area (Å²) in [5, 5.41) is 0.902. The van der Waals surface area contributed by atoms with E-state index < -0.39 is 35.3 Å². The summed E-state index contributed by atoms with van der Waals surface area (Å²) in [5.41, 5.74) is -0.396. The highest BCUT2D eigenvalue weighted by Crippen LogP contribution is 2.30. The van der Waals surface area contributed by atoms with Crippen molar-refractivity contribution < 1.29 is 33.0 Å². The highest BCUT2D eigenvalue weighted by molar-refractivity contribution is 5.89. The van der Waals surface area contributed by atoms with Crippen molar-refractivity contribution >= 4 is 22.8 Å². The molecule has 0 amide bonds. The molecule has 204 valence electrons. The molecule has 3 rings (SSSR count). The average Bonchev–Trinajstić information content (AvgIpc) is 2.83. The molecule has 2 aromatic carbocycles. The van der Waals surface area contributed by atoms with E-state index in [1.54, 1.807) is 45.0 Å². The number of ether oxygens (including phenoxy) is 3. The first-order valence-electron chi connectivity index (χ1n) is 12.2. The van der Waals surface area contributed by atoms with Crippen molar-refractivity contribution in [2.45, 2.75) is 53.3 Å². The van der Waals surface area contributed by atoms with Crippen LogP contribution in [0, 0.1) is 5.82 Å². The van der Waals surface area contributed by atoms with Crippen molar-refractivity contribution in [1.29, 1.82) is 0 Å². The van der Waals surface area contributed by atoms with Gasteiger partial charge >= 0.3 is 11.9 Å². The monoisotopic (exact) mass is 528 g/mol. The average molecular weight is 529 g/mol. The largest absolute Gasteiger partial charge is 0.497 e. The van der Waals surface area contributed by atoms with Gasteiger partial charge in [0.25, 0.3) is 0 Å². The number of benzene rings is 2. The standard InChI is InChI=1S/C28H33FN2O7/c1-7-14-36-23-13-12-22(29)25-26(23)30(15-21(27(25)34)19-8-10-20(35-6)11-9-19)17-31(38-18(2)32)16-24(33)37-28(3,4)5/h8-13,15H,7,14,16-17H2,1-6H3. The zero-order valence-electron chi connectivity index (χ0n) is 22.5. The van der Waals surface area contributed by atoms with Gasteiger partial charge in [-0.3, -0.25) is 14.4 Å². The highest BCUT2D eigenvalue weighted by atomic mass is 19.1. The summed E-state index contributed by atoms with van der Waals surface area (Å²) in [6, 6.07) is 9.38. The molecular weight excluding hydrogens is 495 g/mol. The molecule has 0 N–H and O–H groups in total. The van der Waals surface area contributed by atoms with Gasteiger partial charge in [0.1, 0.15) is 36.1 Å². The molecule has 0 saturated carbocycles. The fourth-order valence-corrected chi connectivity index (χ4v) is 3.86. The summed E-state index contributed by atoms with van der Waals surface area (Å²) in [4.78, 5) is 43.3. The second-order valence-electron chi connectivity index (χ2n) is 9.64. The number of aromatic nitrogens is 1. The van der Waals surface area contributed by atoms with E-state index >= 15 is 4.39 Å². The van der Waals surface area contributed by atoms with Crippen LogP contribution in [0.3, 0.4) is 0 Å². The molecular formula is C28H33FN2O7. The second kappa shape index (κ2) is 12.1. The number of carbonyl (C=O) groups is 2. The highest BCUT2D eigenvalue weighted by Gasteiger charge is 2.24. The van der Waals surface area contributed by atoms with Crippen LogP contribution in [0.4, 0.5) is 4.39 Å². The van der Waals surface area contributed by atoms with E-state index in [1.807, 2.05) is 6.92 Å². The number of methoxy groups -OCH3 is 1. The first kappa shape index (κ1) is 28.6. The summed E-state index contributed by atoms with van der Waals surface area (Å²) in [6.45, 7) is 7.99. The molecule has 9 nitrogen and oxygen atoms in total. The molecule has 0 aliphatic carbocycles. The van der Waals surface area contributed by atoms with E-state index in [9.17, 15) is 14.4 Å². The number of halogens is 1. The molecule has 3 aromatic rings. The smallest absolute Gasteiger partial charge is 0.324 e. The number of rotatable bonds is 10. The molecule has 0 radical (unpaired) electrons. The van der Waals surface area contributed by atoms with Crippen LogP contribution in [-0.2, 0) is 25.8 Å². The van der Waals surface area contributed by atoms with Gasteiger partial charge in [-0.05, 0) is 57.0 Å². The van der Waals surface area contributed by atoms with Crippen LogP contribution in [0.25, 0.3) is 22.0 Å². The van der Waals surface area contributed by atoms with E-state index in [0.717, 1.165) is 5.06 Å². The predicted octanol–water partition coefficient (Wildman–Crippen LogP) is 4.68. The third-order valence-electron chi connectivity index (χ3n) is 5.29. The molecule has 1 heterocycles. The second-order valence-corrected chi connectivity index (χ2v) is 9.64. The van der Waals surface area contributed by atoms with Crippen LogP contribution in [-0.4, -0.2) is 47.4 Å². The number of hydrogen-bond donors (Lipinski definition) is 0. The molecule has 38 heavy (non-hydrogen) atoms. The Morgan fingerprint density at radius 1 is 1.08 bits per heavy atom. The normalized spacial score (nSPS) is 11.5. The molecule has 10 heteroatoms. The maximum atomic E-state index is 15.2. The van der Waals surface area contributed by atoms with E-state index in [-0.39, 0.29) is 28.9 Å². The Morgan fingerprint density at radius 3 is 2.34 bits per heavy atom. The van der Waals surface area contributed by atoms with E-state index in [1.165, 1.54) is 36.9 Å². The van der Waals surface area contributed by atoms with Crippen molar-refractivity contribution in [3.8, 4) is 22.6 Å². The van der Waals surface area contributed by atoms with Gasteiger partial charge in [0.15, 0.2) is 5.43 Å². The third-order valence-corrected chi connectivity index (χ3v) is 5.29. The minimum atomic E-state index is -0.755. The van der Waals surface area contributed by atoms with E-state index in [0.29, 0.717) is 24.3 Å². The van der Waals surface area contributed by atoms with Gasteiger partial charge in [-0.25, -0.2) is 4.39 Å². The Bertz CT molecular complexity index is 1360. The minimum Gasteiger partial charge on any atom is -0.497 e. The van der Waals surface area contributed by atoms with Gasteiger partial charge < -0.3 is 23.6 Å². The summed E-state index contributed by atoms with van der Waals surface area (Å²) in [6.07, 6.45) is 2.21. The Hall–Kier alpha value is -3.92. The Balaban J connectivity index is 2.21. The van der Waals surface area contributed by atoms with E-state index in [2.05, 4.69) is 0 Å². The van der Waals surface area contributed by atoms with Gasteiger partial charge in [-0.15, -0.1) is 5.06 Å². The number of hydrogen-bond acceptors (Lipinski definition) is 8. The van der Waals surface area contributed by atoms with Gasteiger partial charge in [-0.2, -0.15) is 0 Å². The van der Waals surface area contributed by atoms with Crippen LogP contribution >= 0.6 is 0 Å². The SMILES string of the molecule is CCCOc1ccc(F)c2c(=O)c(-c3ccc(OC)cc3)cn(CN(CC(=O)OC(C)(C)C)OC(C)=O)c12. The molecule has 0 aliphatic heterocycles. The first-order chi connectivity index (χ1) is 17.9. The lowest BCUT2D eigenvalue weighted by Crippen LogP contribution is -2.37. The van der Waals surface area contributed by atoms with Crippen molar-refractivity contribution in [3.63, 3.8) is 0 Å². The lowest BCUT2D eigenvalue weighted by Gasteiger charge is -2.26. The summed E-state index contributed by atoms with van der Waals surface area (Å²) >= 11 is 0. The van der Waals surface area contributed by atoms with Gasteiger partial charge in [-0.1, -0.05) is 19.1 Å². The van der Waals surface area contributed by atoms with Crippen molar-refractivity contribution in [3.05, 3.63) is 58.6 Å². The quantitative estimate of drug-likeness (QED) is 0.276. The van der Waals surface area contributed by atoms with Crippen LogP contribution < -0.4 is 14.9 Å². The molecule has 0 bridgehead atoms. The zero-order valence-corrected chi connectivity index (χ0v) is 22.5. The van der Waals surface area contributed by atoms with Gasteiger partial charge in [0.2, 0.25) is 0 Å². The van der Waals surface area contributed by atoms with Crippen LogP contribution in [0.2, 0.25) is 0 Å². The summed E-state index contributed by atoms with van der Waals surface area (Å²) in [7, 11) is 1.53. The molecule has 0 spiro atoms. The maximum Gasteiger partial charge on any atom is 0.324 e. The molecule has 1 aromatic heterocycles. The van der Waals surface area contributed by atoms with E-state index in [4.69, 9.17) is 19.0 Å². The van der Waals surface area contributed by atoms with Crippen molar-refractivity contribution in [1.82, 2.24) is 9.63 Å². The Kier molecular flexibility index (Phi) is 9.11. The predicted molar refractivity (Wildman–Crippen MR) is 140 cm³/mol. The number of carbonyl (C=O) groups excluding carboxylic acids is 2. The van der Waals surface area contributed by atoms with Crippen LogP contribution in [0.5, 0.6) is 11.5 Å². The van der Waals surface area contributed by atoms with Crippen LogP contribution in [0.1, 0.15) is 41.0 Å². The van der Waals surface area contributed by atoms with Crippen molar-refractivity contribution in [2.24, 2.45) is 0 Å².